The average Bonchev–Trinajstić information content (AvgIpc) is 2.75. The Morgan fingerprint density at radius 3 is 2.83 bits per heavy atom. The fraction of sp³-hybridized carbons (Fsp3) is 0.308. The maximum atomic E-state index is 12.0. The molecule has 1 amide bonds. The molecule has 0 fully saturated rings. The molecule has 0 saturated heterocycles. The first-order valence-electron chi connectivity index (χ1n) is 5.68. The summed E-state index contributed by atoms with van der Waals surface area (Å²) in [7, 11) is 1.59. The van der Waals surface area contributed by atoms with E-state index >= 15 is 0 Å². The highest BCUT2D eigenvalue weighted by atomic mass is 79.9. The fourth-order valence-electron chi connectivity index (χ4n) is 1.91. The van der Waals surface area contributed by atoms with E-state index in [9.17, 15) is 4.79 Å². The molecule has 5 heteroatoms. The van der Waals surface area contributed by atoms with Crippen LogP contribution in [-0.4, -0.2) is 19.1 Å². The second-order valence-corrected chi connectivity index (χ2v) is 5.18. The van der Waals surface area contributed by atoms with E-state index in [-0.39, 0.29) is 17.9 Å². The SMILES string of the molecule is COc1cc(Br)cc(NC(=O)C2C=CC(N)C2)c1. The van der Waals surface area contributed by atoms with Crippen molar-refractivity contribution in [3.05, 3.63) is 34.8 Å². The molecular weight excluding hydrogens is 296 g/mol. The topological polar surface area (TPSA) is 64.3 Å². The summed E-state index contributed by atoms with van der Waals surface area (Å²) < 4.78 is 6.00. The Bertz CT molecular complexity index is 488. The van der Waals surface area contributed by atoms with Gasteiger partial charge in [0, 0.05) is 22.3 Å². The monoisotopic (exact) mass is 310 g/mol. The van der Waals surface area contributed by atoms with Crippen molar-refractivity contribution in [2.45, 2.75) is 12.5 Å². The highest BCUT2D eigenvalue weighted by Crippen LogP contribution is 2.26. The number of anilines is 1. The molecule has 0 aliphatic heterocycles. The van der Waals surface area contributed by atoms with Gasteiger partial charge in [-0.15, -0.1) is 0 Å². The number of carbonyl (C=O) groups excluding carboxylic acids is 1. The highest BCUT2D eigenvalue weighted by Gasteiger charge is 2.22. The lowest BCUT2D eigenvalue weighted by Gasteiger charge is -2.12. The third-order valence-electron chi connectivity index (χ3n) is 2.83. The minimum Gasteiger partial charge on any atom is -0.497 e. The molecule has 0 bridgehead atoms. The van der Waals surface area contributed by atoms with E-state index in [0.29, 0.717) is 17.9 Å². The normalized spacial score (nSPS) is 21.9. The second kappa shape index (κ2) is 5.54. The number of nitrogens with one attached hydrogen (secondary N) is 1. The van der Waals surface area contributed by atoms with Crippen molar-refractivity contribution >= 4 is 27.5 Å². The van der Waals surface area contributed by atoms with Gasteiger partial charge >= 0.3 is 0 Å². The molecule has 0 spiro atoms. The second-order valence-electron chi connectivity index (χ2n) is 4.26. The summed E-state index contributed by atoms with van der Waals surface area (Å²) in [6.45, 7) is 0. The summed E-state index contributed by atoms with van der Waals surface area (Å²) in [5.41, 5.74) is 6.44. The van der Waals surface area contributed by atoms with E-state index in [1.807, 2.05) is 24.3 Å². The number of benzene rings is 1. The summed E-state index contributed by atoms with van der Waals surface area (Å²) >= 11 is 3.37. The largest absolute Gasteiger partial charge is 0.497 e. The number of hydrogen-bond acceptors (Lipinski definition) is 3. The number of methoxy groups -OCH3 is 1. The van der Waals surface area contributed by atoms with Crippen LogP contribution in [0.25, 0.3) is 0 Å². The maximum absolute atomic E-state index is 12.0. The Balaban J connectivity index is 2.07. The summed E-state index contributed by atoms with van der Waals surface area (Å²) in [5.74, 6) is 0.502. The van der Waals surface area contributed by atoms with Gasteiger partial charge in [0.05, 0.1) is 13.0 Å². The van der Waals surface area contributed by atoms with E-state index in [2.05, 4.69) is 21.2 Å². The lowest BCUT2D eigenvalue weighted by Crippen LogP contribution is -2.23. The summed E-state index contributed by atoms with van der Waals surface area (Å²) in [6, 6.07) is 5.43. The first-order chi connectivity index (χ1) is 8.58. The van der Waals surface area contributed by atoms with E-state index in [0.717, 1.165) is 4.47 Å². The lowest BCUT2D eigenvalue weighted by atomic mass is 10.1. The van der Waals surface area contributed by atoms with Crippen molar-refractivity contribution < 1.29 is 9.53 Å². The van der Waals surface area contributed by atoms with Crippen LogP contribution < -0.4 is 15.8 Å². The van der Waals surface area contributed by atoms with E-state index in [1.54, 1.807) is 13.2 Å². The quantitative estimate of drug-likeness (QED) is 0.842. The third-order valence-corrected chi connectivity index (χ3v) is 3.29. The highest BCUT2D eigenvalue weighted by molar-refractivity contribution is 9.10. The van der Waals surface area contributed by atoms with Gasteiger partial charge in [0.15, 0.2) is 0 Å². The molecule has 1 aromatic carbocycles. The molecule has 2 rings (SSSR count). The van der Waals surface area contributed by atoms with Gasteiger partial charge in [0.2, 0.25) is 5.91 Å². The van der Waals surface area contributed by atoms with Crippen LogP contribution in [0.4, 0.5) is 5.69 Å². The Morgan fingerprint density at radius 1 is 1.44 bits per heavy atom. The van der Waals surface area contributed by atoms with Crippen LogP contribution >= 0.6 is 15.9 Å². The standard InChI is InChI=1S/C13H15BrN2O2/c1-18-12-6-9(14)5-11(7-12)16-13(17)8-2-3-10(15)4-8/h2-3,5-8,10H,4,15H2,1H3,(H,16,17). The minimum absolute atomic E-state index is 0.0159. The first-order valence-corrected chi connectivity index (χ1v) is 6.47. The number of hydrogen-bond donors (Lipinski definition) is 2. The molecule has 2 unspecified atom stereocenters. The zero-order valence-corrected chi connectivity index (χ0v) is 11.6. The number of halogens is 1. The number of carbonyl (C=O) groups is 1. The van der Waals surface area contributed by atoms with Crippen LogP contribution in [0.15, 0.2) is 34.8 Å². The van der Waals surface area contributed by atoms with Crippen molar-refractivity contribution in [2.24, 2.45) is 11.7 Å². The van der Waals surface area contributed by atoms with Gasteiger partial charge in [-0.3, -0.25) is 4.79 Å². The molecule has 0 heterocycles. The van der Waals surface area contributed by atoms with Crippen LogP contribution in [-0.2, 0) is 4.79 Å². The van der Waals surface area contributed by atoms with Crippen LogP contribution in [0, 0.1) is 5.92 Å². The van der Waals surface area contributed by atoms with Crippen LogP contribution in [0.2, 0.25) is 0 Å². The van der Waals surface area contributed by atoms with Gasteiger partial charge in [0.25, 0.3) is 0 Å². The Hall–Kier alpha value is -1.33. The number of amides is 1. The minimum atomic E-state index is -0.148. The maximum Gasteiger partial charge on any atom is 0.231 e. The van der Waals surface area contributed by atoms with Gasteiger partial charge in [-0.2, -0.15) is 0 Å². The number of ether oxygens (including phenoxy) is 1. The Kier molecular flexibility index (Phi) is 4.04. The zero-order chi connectivity index (χ0) is 13.1. The molecule has 3 N–H and O–H groups in total. The molecule has 1 aliphatic rings. The van der Waals surface area contributed by atoms with Crippen LogP contribution in [0.3, 0.4) is 0 Å². The molecule has 0 radical (unpaired) electrons. The molecule has 1 aliphatic carbocycles. The predicted molar refractivity (Wildman–Crippen MR) is 74.5 cm³/mol. The van der Waals surface area contributed by atoms with E-state index in [4.69, 9.17) is 10.5 Å². The van der Waals surface area contributed by atoms with E-state index in [1.165, 1.54) is 0 Å². The lowest BCUT2D eigenvalue weighted by molar-refractivity contribution is -0.118. The molecule has 4 nitrogen and oxygen atoms in total. The first kappa shape index (κ1) is 13.1. The smallest absolute Gasteiger partial charge is 0.231 e. The van der Waals surface area contributed by atoms with Gasteiger partial charge in [-0.25, -0.2) is 0 Å². The number of nitrogens with two attached hydrogens (primary N) is 1. The third kappa shape index (κ3) is 3.11. The van der Waals surface area contributed by atoms with Crippen molar-refractivity contribution in [1.29, 1.82) is 0 Å². The summed E-state index contributed by atoms with van der Waals surface area (Å²) in [4.78, 5) is 12.0. The molecule has 1 aromatic rings. The molecule has 2 atom stereocenters. The molecule has 18 heavy (non-hydrogen) atoms. The van der Waals surface area contributed by atoms with Crippen molar-refractivity contribution in [2.75, 3.05) is 12.4 Å². The van der Waals surface area contributed by atoms with Crippen LogP contribution in [0.5, 0.6) is 5.75 Å². The Labute approximate surface area is 114 Å². The molecular formula is C13H15BrN2O2. The average molecular weight is 311 g/mol. The van der Waals surface area contributed by atoms with Crippen molar-refractivity contribution in [3.63, 3.8) is 0 Å². The number of rotatable bonds is 3. The predicted octanol–water partition coefficient (Wildman–Crippen LogP) is 2.30. The van der Waals surface area contributed by atoms with Gasteiger partial charge in [-0.1, -0.05) is 28.1 Å². The van der Waals surface area contributed by atoms with E-state index < -0.39 is 0 Å². The summed E-state index contributed by atoms with van der Waals surface area (Å²) in [5, 5.41) is 2.86. The Morgan fingerprint density at radius 2 is 2.22 bits per heavy atom. The molecule has 0 saturated carbocycles. The van der Waals surface area contributed by atoms with Gasteiger partial charge in [0.1, 0.15) is 5.75 Å². The fourth-order valence-corrected chi connectivity index (χ4v) is 2.38. The van der Waals surface area contributed by atoms with Gasteiger partial charge < -0.3 is 15.8 Å². The summed E-state index contributed by atoms with van der Waals surface area (Å²) in [6.07, 6.45) is 4.39. The zero-order valence-electron chi connectivity index (χ0n) is 10.0. The molecule has 96 valence electrons. The molecule has 0 aromatic heterocycles. The van der Waals surface area contributed by atoms with Crippen molar-refractivity contribution in [1.82, 2.24) is 0 Å². The van der Waals surface area contributed by atoms with Gasteiger partial charge in [-0.05, 0) is 18.6 Å². The van der Waals surface area contributed by atoms with Crippen molar-refractivity contribution in [3.8, 4) is 5.75 Å². The van der Waals surface area contributed by atoms with Crippen LogP contribution in [0.1, 0.15) is 6.42 Å².